The van der Waals surface area contributed by atoms with Gasteiger partial charge in [-0.25, -0.2) is 0 Å². The molecule has 1 aromatic carbocycles. The maximum absolute atomic E-state index is 12.8. The summed E-state index contributed by atoms with van der Waals surface area (Å²) in [6.07, 6.45) is 6.82. The second-order valence-electron chi connectivity index (χ2n) is 8.32. The Kier molecular flexibility index (Phi) is 9.36. The van der Waals surface area contributed by atoms with Gasteiger partial charge in [0.2, 0.25) is 5.91 Å². The second-order valence-corrected chi connectivity index (χ2v) is 8.75. The Balaban J connectivity index is 0.00000140. The number of hydrogen-bond acceptors (Lipinski definition) is 3. The van der Waals surface area contributed by atoms with Crippen molar-refractivity contribution in [2.75, 3.05) is 26.2 Å². The van der Waals surface area contributed by atoms with Gasteiger partial charge in [-0.2, -0.15) is 0 Å². The number of nitrogens with zero attached hydrogens (tertiary/aromatic N) is 2. The largest absolute Gasteiger partial charge is 0.341 e. The van der Waals surface area contributed by atoms with Crippen LogP contribution in [0.15, 0.2) is 24.3 Å². The molecule has 0 aliphatic carbocycles. The summed E-state index contributed by atoms with van der Waals surface area (Å²) in [7, 11) is 0. The van der Waals surface area contributed by atoms with Crippen LogP contribution in [0.3, 0.4) is 0 Å². The van der Waals surface area contributed by atoms with Gasteiger partial charge in [-0.1, -0.05) is 23.7 Å². The first kappa shape index (κ1) is 23.8. The molecule has 4 rings (SSSR count). The van der Waals surface area contributed by atoms with E-state index in [-0.39, 0.29) is 24.8 Å². The monoisotopic (exact) mass is 447 g/mol. The summed E-state index contributed by atoms with van der Waals surface area (Å²) in [5, 5.41) is 4.46. The van der Waals surface area contributed by atoms with Gasteiger partial charge in [0.1, 0.15) is 0 Å². The van der Waals surface area contributed by atoms with E-state index in [1.807, 2.05) is 12.1 Å². The van der Waals surface area contributed by atoms with E-state index in [9.17, 15) is 4.79 Å². The zero-order valence-corrected chi connectivity index (χ0v) is 18.7. The lowest BCUT2D eigenvalue weighted by atomic mass is 9.89. The van der Waals surface area contributed by atoms with Crippen molar-refractivity contribution in [3.05, 3.63) is 34.9 Å². The van der Waals surface area contributed by atoms with E-state index in [4.69, 9.17) is 11.6 Å². The topological polar surface area (TPSA) is 35.6 Å². The van der Waals surface area contributed by atoms with Crippen LogP contribution in [0.4, 0.5) is 0 Å². The van der Waals surface area contributed by atoms with Crippen molar-refractivity contribution in [3.63, 3.8) is 0 Å². The maximum Gasteiger partial charge on any atom is 0.222 e. The van der Waals surface area contributed by atoms with Crippen LogP contribution in [0.1, 0.15) is 44.1 Å². The standard InChI is InChI=1S/C21H30ClN3O.2ClH/c22-18-4-2-16(3-5-18)15-24-8-1-9-25(11-10-24)21(26)14-17-12-19-6-7-20(13-17)23-19;;/h2-5,17,19-20,23H,1,6-15H2;2*1H. The maximum atomic E-state index is 12.8. The molecule has 0 saturated carbocycles. The van der Waals surface area contributed by atoms with E-state index in [0.29, 0.717) is 23.9 Å². The predicted molar refractivity (Wildman–Crippen MR) is 120 cm³/mol. The molecule has 0 radical (unpaired) electrons. The molecule has 158 valence electrons. The molecule has 2 bridgehead atoms. The molecular formula is C21H32Cl3N3O. The smallest absolute Gasteiger partial charge is 0.222 e. The summed E-state index contributed by atoms with van der Waals surface area (Å²) < 4.78 is 0. The Morgan fingerprint density at radius 3 is 2.36 bits per heavy atom. The SMILES string of the molecule is Cl.Cl.O=C(CC1CC2CCC(C1)N2)N1CCCN(Cc2ccc(Cl)cc2)CC1. The number of hydrogen-bond donors (Lipinski definition) is 1. The summed E-state index contributed by atoms with van der Waals surface area (Å²) >= 11 is 5.97. The molecule has 2 atom stereocenters. The number of carbonyl (C=O) groups excluding carboxylic acids is 1. The Morgan fingerprint density at radius 2 is 1.68 bits per heavy atom. The Hall–Kier alpha value is -0.520. The number of fused-ring (bicyclic) bond motifs is 2. The van der Waals surface area contributed by atoms with E-state index >= 15 is 0 Å². The number of rotatable bonds is 4. The normalized spacial score (nSPS) is 27.5. The number of halogens is 3. The summed E-state index contributed by atoms with van der Waals surface area (Å²) in [4.78, 5) is 17.4. The second kappa shape index (κ2) is 11.0. The lowest BCUT2D eigenvalue weighted by molar-refractivity contribution is -0.132. The van der Waals surface area contributed by atoms with Crippen LogP contribution in [-0.2, 0) is 11.3 Å². The highest BCUT2D eigenvalue weighted by Gasteiger charge is 2.35. The number of carbonyl (C=O) groups is 1. The third-order valence-electron chi connectivity index (χ3n) is 6.29. The average Bonchev–Trinajstić information content (AvgIpc) is 2.83. The van der Waals surface area contributed by atoms with E-state index in [2.05, 4.69) is 27.2 Å². The number of benzene rings is 1. The number of nitrogens with one attached hydrogen (secondary N) is 1. The van der Waals surface area contributed by atoms with Crippen molar-refractivity contribution >= 4 is 42.3 Å². The number of piperidine rings is 1. The molecule has 28 heavy (non-hydrogen) atoms. The van der Waals surface area contributed by atoms with Crippen molar-refractivity contribution in [2.24, 2.45) is 5.92 Å². The van der Waals surface area contributed by atoms with E-state index in [0.717, 1.165) is 50.6 Å². The Morgan fingerprint density at radius 1 is 1.00 bits per heavy atom. The molecule has 0 aromatic heterocycles. The first-order chi connectivity index (χ1) is 12.7. The molecular weight excluding hydrogens is 417 g/mol. The Labute approximate surface area is 186 Å². The summed E-state index contributed by atoms with van der Waals surface area (Å²) in [6.45, 7) is 4.74. The molecule has 1 amide bonds. The minimum atomic E-state index is 0. The molecule has 3 aliphatic heterocycles. The minimum Gasteiger partial charge on any atom is -0.341 e. The van der Waals surface area contributed by atoms with Crippen molar-refractivity contribution in [1.29, 1.82) is 0 Å². The van der Waals surface area contributed by atoms with Crippen LogP contribution >= 0.6 is 36.4 Å². The van der Waals surface area contributed by atoms with Gasteiger partial charge in [-0.15, -0.1) is 24.8 Å². The van der Waals surface area contributed by atoms with Crippen molar-refractivity contribution in [2.45, 2.75) is 57.2 Å². The lowest BCUT2D eigenvalue weighted by Gasteiger charge is -2.30. The summed E-state index contributed by atoms with van der Waals surface area (Å²) in [5.74, 6) is 0.972. The van der Waals surface area contributed by atoms with Gasteiger partial charge in [0.15, 0.2) is 0 Å². The summed E-state index contributed by atoms with van der Waals surface area (Å²) in [5.41, 5.74) is 1.29. The average molecular weight is 449 g/mol. The van der Waals surface area contributed by atoms with Gasteiger partial charge in [0.25, 0.3) is 0 Å². The highest BCUT2D eigenvalue weighted by molar-refractivity contribution is 6.30. The third kappa shape index (κ3) is 6.24. The van der Waals surface area contributed by atoms with Crippen LogP contribution in [0.5, 0.6) is 0 Å². The first-order valence-corrected chi connectivity index (χ1v) is 10.5. The van der Waals surface area contributed by atoms with Crippen LogP contribution < -0.4 is 5.32 Å². The fourth-order valence-corrected chi connectivity index (χ4v) is 5.07. The van der Waals surface area contributed by atoms with Crippen LogP contribution in [-0.4, -0.2) is 54.0 Å². The van der Waals surface area contributed by atoms with E-state index < -0.39 is 0 Å². The van der Waals surface area contributed by atoms with Crippen molar-refractivity contribution < 1.29 is 4.79 Å². The van der Waals surface area contributed by atoms with E-state index in [1.54, 1.807) is 0 Å². The molecule has 3 saturated heterocycles. The van der Waals surface area contributed by atoms with Crippen molar-refractivity contribution in [3.8, 4) is 0 Å². The predicted octanol–water partition coefficient (Wildman–Crippen LogP) is 4.14. The molecule has 1 aromatic rings. The van der Waals surface area contributed by atoms with Crippen LogP contribution in [0, 0.1) is 5.92 Å². The van der Waals surface area contributed by atoms with E-state index in [1.165, 1.54) is 31.2 Å². The van der Waals surface area contributed by atoms with Gasteiger partial charge in [-0.3, -0.25) is 9.69 Å². The fourth-order valence-electron chi connectivity index (χ4n) is 4.94. The molecule has 0 spiro atoms. The highest BCUT2D eigenvalue weighted by atomic mass is 35.5. The molecule has 3 fully saturated rings. The molecule has 1 N–H and O–H groups in total. The van der Waals surface area contributed by atoms with Gasteiger partial charge in [-0.05, 0) is 55.7 Å². The molecule has 3 heterocycles. The first-order valence-electron chi connectivity index (χ1n) is 10.2. The zero-order valence-electron chi connectivity index (χ0n) is 16.3. The molecule has 2 unspecified atom stereocenters. The van der Waals surface area contributed by atoms with Crippen molar-refractivity contribution in [1.82, 2.24) is 15.1 Å². The zero-order chi connectivity index (χ0) is 17.9. The lowest BCUT2D eigenvalue weighted by Crippen LogP contribution is -2.41. The highest BCUT2D eigenvalue weighted by Crippen LogP contribution is 2.33. The van der Waals surface area contributed by atoms with Gasteiger partial charge in [0.05, 0.1) is 0 Å². The van der Waals surface area contributed by atoms with Gasteiger partial charge >= 0.3 is 0 Å². The third-order valence-corrected chi connectivity index (χ3v) is 6.55. The summed E-state index contributed by atoms with van der Waals surface area (Å²) in [6, 6.07) is 9.45. The number of amides is 1. The fraction of sp³-hybridized carbons (Fsp3) is 0.667. The molecule has 7 heteroatoms. The van der Waals surface area contributed by atoms with Crippen LogP contribution in [0.25, 0.3) is 0 Å². The minimum absolute atomic E-state index is 0. The Bertz CT molecular complexity index is 616. The molecule has 3 aliphatic rings. The van der Waals surface area contributed by atoms with Crippen LogP contribution in [0.2, 0.25) is 5.02 Å². The molecule has 4 nitrogen and oxygen atoms in total. The quantitative estimate of drug-likeness (QED) is 0.752. The van der Waals surface area contributed by atoms with Gasteiger partial charge < -0.3 is 10.2 Å². The van der Waals surface area contributed by atoms with Gasteiger partial charge in [0, 0.05) is 56.3 Å².